The fraction of sp³-hybridized carbons (Fsp3) is 0.481. The number of amides is 2. The Bertz CT molecular complexity index is 989. The number of nitrogens with zero attached hydrogens (tertiary/aromatic N) is 1. The fourth-order valence-electron chi connectivity index (χ4n) is 4.31. The lowest BCUT2D eigenvalue weighted by molar-refractivity contribution is 0.0929. The summed E-state index contributed by atoms with van der Waals surface area (Å²) in [7, 11) is 1.51. The van der Waals surface area contributed by atoms with Gasteiger partial charge in [0.05, 0.1) is 23.4 Å². The van der Waals surface area contributed by atoms with Crippen LogP contribution in [0.1, 0.15) is 58.4 Å². The molecule has 2 amide bonds. The van der Waals surface area contributed by atoms with Gasteiger partial charge in [-0.2, -0.15) is 0 Å². The zero-order valence-electron chi connectivity index (χ0n) is 20.7. The van der Waals surface area contributed by atoms with E-state index in [0.29, 0.717) is 46.6 Å². The second-order valence-electron chi connectivity index (χ2n) is 9.25. The van der Waals surface area contributed by atoms with E-state index in [0.717, 1.165) is 57.3 Å². The fourth-order valence-corrected chi connectivity index (χ4v) is 4.47. The molecule has 8 heteroatoms. The SMILES string of the molecule is COc1cc(N)c(Cl)cc1C(=O)NCC1CCN(CCCCCNC(=O)c2ccc(C)cc2)CC1. The van der Waals surface area contributed by atoms with Gasteiger partial charge in [0.25, 0.3) is 11.8 Å². The van der Waals surface area contributed by atoms with E-state index in [1.165, 1.54) is 7.11 Å². The number of nitrogen functional groups attached to an aromatic ring is 1. The van der Waals surface area contributed by atoms with Crippen molar-refractivity contribution in [3.63, 3.8) is 0 Å². The number of hydrogen-bond donors (Lipinski definition) is 3. The molecule has 0 aliphatic carbocycles. The molecule has 1 heterocycles. The highest BCUT2D eigenvalue weighted by molar-refractivity contribution is 6.33. The summed E-state index contributed by atoms with van der Waals surface area (Å²) in [5.74, 6) is 0.689. The first-order valence-corrected chi connectivity index (χ1v) is 12.7. The topological polar surface area (TPSA) is 96.7 Å². The molecule has 1 aliphatic heterocycles. The van der Waals surface area contributed by atoms with Gasteiger partial charge in [-0.05, 0) is 76.4 Å². The first kappa shape index (κ1) is 26.8. The van der Waals surface area contributed by atoms with Crippen LogP contribution in [0, 0.1) is 12.8 Å². The van der Waals surface area contributed by atoms with Gasteiger partial charge in [-0.15, -0.1) is 0 Å². The van der Waals surface area contributed by atoms with E-state index >= 15 is 0 Å². The zero-order chi connectivity index (χ0) is 25.2. The number of aryl methyl sites for hydroxylation is 1. The van der Waals surface area contributed by atoms with Crippen LogP contribution in [0.3, 0.4) is 0 Å². The van der Waals surface area contributed by atoms with Gasteiger partial charge in [0, 0.05) is 24.7 Å². The molecular weight excluding hydrogens is 464 g/mol. The van der Waals surface area contributed by atoms with E-state index in [2.05, 4.69) is 15.5 Å². The lowest BCUT2D eigenvalue weighted by Crippen LogP contribution is -2.39. The molecule has 0 unspecified atom stereocenters. The monoisotopic (exact) mass is 500 g/mol. The van der Waals surface area contributed by atoms with E-state index < -0.39 is 0 Å². The van der Waals surface area contributed by atoms with Gasteiger partial charge in [-0.1, -0.05) is 35.7 Å². The molecule has 0 aromatic heterocycles. The van der Waals surface area contributed by atoms with Crippen LogP contribution < -0.4 is 21.1 Å². The predicted octanol–water partition coefficient (Wildman–Crippen LogP) is 4.28. The van der Waals surface area contributed by atoms with Crippen LogP contribution in [0.4, 0.5) is 5.69 Å². The molecule has 35 heavy (non-hydrogen) atoms. The van der Waals surface area contributed by atoms with Crippen LogP contribution in [0.2, 0.25) is 5.02 Å². The van der Waals surface area contributed by atoms with Crippen molar-refractivity contribution in [2.75, 3.05) is 45.6 Å². The number of carbonyl (C=O) groups excluding carboxylic acids is 2. The van der Waals surface area contributed by atoms with Crippen LogP contribution in [0.15, 0.2) is 36.4 Å². The lowest BCUT2D eigenvalue weighted by Gasteiger charge is -2.32. The third-order valence-corrected chi connectivity index (χ3v) is 6.90. The number of nitrogens with two attached hydrogens (primary N) is 1. The first-order valence-electron chi connectivity index (χ1n) is 12.4. The summed E-state index contributed by atoms with van der Waals surface area (Å²) in [4.78, 5) is 27.3. The third-order valence-electron chi connectivity index (χ3n) is 6.57. The standard InChI is InChI=1S/C27H37ClN4O3/c1-19-6-8-21(9-7-19)26(33)30-12-4-3-5-13-32-14-10-20(11-15-32)18-31-27(34)22-16-23(28)24(29)17-25(22)35-2/h6-9,16-17,20H,3-5,10-15,18,29H2,1-2H3,(H,30,33)(H,31,34). The van der Waals surface area contributed by atoms with Crippen LogP contribution in [0.5, 0.6) is 5.75 Å². The number of nitrogens with one attached hydrogen (secondary N) is 2. The number of methoxy groups -OCH3 is 1. The number of rotatable bonds is 11. The smallest absolute Gasteiger partial charge is 0.255 e. The summed E-state index contributed by atoms with van der Waals surface area (Å²) in [6.45, 7) is 6.52. The molecule has 0 atom stereocenters. The molecule has 2 aromatic carbocycles. The van der Waals surface area contributed by atoms with Gasteiger partial charge < -0.3 is 26.0 Å². The Balaban J connectivity index is 1.27. The Morgan fingerprint density at radius 2 is 1.77 bits per heavy atom. The van der Waals surface area contributed by atoms with Crippen LogP contribution in [-0.2, 0) is 0 Å². The Hall–Kier alpha value is -2.77. The van der Waals surface area contributed by atoms with Crippen molar-refractivity contribution >= 4 is 29.1 Å². The second-order valence-corrected chi connectivity index (χ2v) is 9.66. The summed E-state index contributed by atoms with van der Waals surface area (Å²) >= 11 is 6.08. The number of piperidine rings is 1. The zero-order valence-corrected chi connectivity index (χ0v) is 21.5. The van der Waals surface area contributed by atoms with E-state index in [1.54, 1.807) is 12.1 Å². The molecule has 3 rings (SSSR count). The normalized spacial score (nSPS) is 14.5. The van der Waals surface area contributed by atoms with Gasteiger partial charge in [0.2, 0.25) is 0 Å². The van der Waals surface area contributed by atoms with Crippen molar-refractivity contribution in [2.45, 2.75) is 39.0 Å². The van der Waals surface area contributed by atoms with Gasteiger partial charge in [-0.25, -0.2) is 0 Å². The van der Waals surface area contributed by atoms with Crippen molar-refractivity contribution in [3.05, 3.63) is 58.1 Å². The Labute approximate surface area is 213 Å². The minimum atomic E-state index is -0.194. The highest BCUT2D eigenvalue weighted by Crippen LogP contribution is 2.29. The molecule has 4 N–H and O–H groups in total. The average Bonchev–Trinajstić information content (AvgIpc) is 2.87. The summed E-state index contributed by atoms with van der Waals surface area (Å²) < 4.78 is 5.28. The van der Waals surface area contributed by atoms with Gasteiger partial charge in [0.1, 0.15) is 5.75 Å². The van der Waals surface area contributed by atoms with Gasteiger partial charge in [-0.3, -0.25) is 9.59 Å². The summed E-state index contributed by atoms with van der Waals surface area (Å²) in [5, 5.41) is 6.37. The molecule has 0 spiro atoms. The van der Waals surface area contributed by atoms with Crippen LogP contribution >= 0.6 is 11.6 Å². The molecule has 1 fully saturated rings. The van der Waals surface area contributed by atoms with Crippen molar-refractivity contribution in [1.82, 2.24) is 15.5 Å². The molecule has 7 nitrogen and oxygen atoms in total. The van der Waals surface area contributed by atoms with Crippen LogP contribution in [0.25, 0.3) is 0 Å². The minimum absolute atomic E-state index is 0.00269. The molecule has 0 radical (unpaired) electrons. The number of anilines is 1. The lowest BCUT2D eigenvalue weighted by atomic mass is 9.96. The number of benzene rings is 2. The maximum absolute atomic E-state index is 12.6. The highest BCUT2D eigenvalue weighted by atomic mass is 35.5. The van der Waals surface area contributed by atoms with Crippen molar-refractivity contribution in [1.29, 1.82) is 0 Å². The number of carbonyl (C=O) groups is 2. The summed E-state index contributed by atoms with van der Waals surface area (Å²) in [6, 6.07) is 10.8. The molecular formula is C27H37ClN4O3. The van der Waals surface area contributed by atoms with Crippen molar-refractivity contribution in [3.8, 4) is 5.75 Å². The number of likely N-dealkylation sites (tertiary alicyclic amines) is 1. The van der Waals surface area contributed by atoms with E-state index in [4.69, 9.17) is 22.1 Å². The van der Waals surface area contributed by atoms with Crippen molar-refractivity contribution in [2.24, 2.45) is 5.92 Å². The number of halogens is 1. The second kappa shape index (κ2) is 13.4. The Morgan fingerprint density at radius 3 is 2.46 bits per heavy atom. The molecule has 1 saturated heterocycles. The van der Waals surface area contributed by atoms with Gasteiger partial charge >= 0.3 is 0 Å². The maximum atomic E-state index is 12.6. The summed E-state index contributed by atoms with van der Waals surface area (Å²) in [6.07, 6.45) is 5.33. The average molecular weight is 501 g/mol. The number of hydrogen-bond acceptors (Lipinski definition) is 5. The molecule has 1 aliphatic rings. The predicted molar refractivity (Wildman–Crippen MR) is 141 cm³/mol. The maximum Gasteiger partial charge on any atom is 0.255 e. The molecule has 0 saturated carbocycles. The Morgan fingerprint density at radius 1 is 1.06 bits per heavy atom. The molecule has 2 aromatic rings. The minimum Gasteiger partial charge on any atom is -0.496 e. The largest absolute Gasteiger partial charge is 0.496 e. The van der Waals surface area contributed by atoms with E-state index in [9.17, 15) is 9.59 Å². The molecule has 190 valence electrons. The van der Waals surface area contributed by atoms with Gasteiger partial charge in [0.15, 0.2) is 0 Å². The summed E-state index contributed by atoms with van der Waals surface area (Å²) in [5.41, 5.74) is 8.46. The highest BCUT2D eigenvalue weighted by Gasteiger charge is 2.21. The third kappa shape index (κ3) is 8.15. The first-order chi connectivity index (χ1) is 16.9. The van der Waals surface area contributed by atoms with E-state index in [-0.39, 0.29) is 11.8 Å². The quantitative estimate of drug-likeness (QED) is 0.316. The number of ether oxygens (including phenoxy) is 1. The Kier molecular flexibility index (Phi) is 10.2. The number of unbranched alkanes of at least 4 members (excludes halogenated alkanes) is 2. The van der Waals surface area contributed by atoms with E-state index in [1.807, 2.05) is 31.2 Å². The van der Waals surface area contributed by atoms with Crippen LogP contribution in [-0.4, -0.2) is 56.5 Å². The molecule has 0 bridgehead atoms. The van der Waals surface area contributed by atoms with Crippen molar-refractivity contribution < 1.29 is 14.3 Å².